The first-order valence-electron chi connectivity index (χ1n) is 5.52. The summed E-state index contributed by atoms with van der Waals surface area (Å²) in [5, 5.41) is 0. The van der Waals surface area contributed by atoms with Crippen LogP contribution in [0.1, 0.15) is 21.5 Å². The first kappa shape index (κ1) is 11.4. The van der Waals surface area contributed by atoms with E-state index in [4.69, 9.17) is 4.74 Å². The number of carbonyl (C=O) groups excluding carboxylic acids is 1. The Labute approximate surface area is 101 Å². The van der Waals surface area contributed by atoms with E-state index < -0.39 is 0 Å². The van der Waals surface area contributed by atoms with Crippen molar-refractivity contribution < 1.29 is 9.53 Å². The van der Waals surface area contributed by atoms with Crippen LogP contribution >= 0.6 is 0 Å². The summed E-state index contributed by atoms with van der Waals surface area (Å²) in [6, 6.07) is 15.3. The SMILES string of the molecule is Cc1cccc(OCc2ccccc2C=O)c1. The van der Waals surface area contributed by atoms with E-state index in [9.17, 15) is 4.79 Å². The number of rotatable bonds is 4. The van der Waals surface area contributed by atoms with Gasteiger partial charge >= 0.3 is 0 Å². The van der Waals surface area contributed by atoms with E-state index in [1.165, 1.54) is 0 Å². The highest BCUT2D eigenvalue weighted by molar-refractivity contribution is 5.77. The Morgan fingerprint density at radius 3 is 2.71 bits per heavy atom. The van der Waals surface area contributed by atoms with Gasteiger partial charge in [0, 0.05) is 5.56 Å². The maximum Gasteiger partial charge on any atom is 0.150 e. The van der Waals surface area contributed by atoms with Gasteiger partial charge in [-0.25, -0.2) is 0 Å². The molecule has 0 aromatic heterocycles. The van der Waals surface area contributed by atoms with Crippen LogP contribution in [0.5, 0.6) is 5.75 Å². The highest BCUT2D eigenvalue weighted by atomic mass is 16.5. The third-order valence-corrected chi connectivity index (χ3v) is 2.57. The quantitative estimate of drug-likeness (QED) is 0.747. The third-order valence-electron chi connectivity index (χ3n) is 2.57. The van der Waals surface area contributed by atoms with Gasteiger partial charge in [-0.05, 0) is 30.2 Å². The molecule has 0 unspecified atom stereocenters. The zero-order chi connectivity index (χ0) is 12.1. The molecule has 0 atom stereocenters. The van der Waals surface area contributed by atoms with Crippen molar-refractivity contribution in [2.24, 2.45) is 0 Å². The summed E-state index contributed by atoms with van der Waals surface area (Å²) >= 11 is 0. The molecule has 0 aliphatic carbocycles. The number of aldehydes is 1. The average Bonchev–Trinajstić information content (AvgIpc) is 2.37. The van der Waals surface area contributed by atoms with E-state index in [0.29, 0.717) is 12.2 Å². The van der Waals surface area contributed by atoms with Crippen LogP contribution in [0.15, 0.2) is 48.5 Å². The van der Waals surface area contributed by atoms with Crippen molar-refractivity contribution in [3.05, 3.63) is 65.2 Å². The van der Waals surface area contributed by atoms with Crippen molar-refractivity contribution in [3.8, 4) is 5.75 Å². The van der Waals surface area contributed by atoms with Crippen molar-refractivity contribution in [2.75, 3.05) is 0 Å². The number of hydrogen-bond acceptors (Lipinski definition) is 2. The summed E-state index contributed by atoms with van der Waals surface area (Å²) in [5.74, 6) is 0.825. The monoisotopic (exact) mass is 226 g/mol. The molecule has 0 saturated heterocycles. The van der Waals surface area contributed by atoms with E-state index in [2.05, 4.69) is 0 Å². The molecule has 0 fully saturated rings. The fourth-order valence-corrected chi connectivity index (χ4v) is 1.65. The molecule has 2 heteroatoms. The Kier molecular flexibility index (Phi) is 3.55. The maximum atomic E-state index is 10.8. The van der Waals surface area contributed by atoms with E-state index >= 15 is 0 Å². The van der Waals surface area contributed by atoms with Crippen molar-refractivity contribution in [2.45, 2.75) is 13.5 Å². The lowest BCUT2D eigenvalue weighted by Crippen LogP contribution is -1.99. The smallest absolute Gasteiger partial charge is 0.150 e. The summed E-state index contributed by atoms with van der Waals surface area (Å²) < 4.78 is 5.66. The van der Waals surface area contributed by atoms with Crippen LogP contribution in [0.25, 0.3) is 0 Å². The number of ether oxygens (including phenoxy) is 1. The van der Waals surface area contributed by atoms with Gasteiger partial charge in [-0.3, -0.25) is 4.79 Å². The minimum Gasteiger partial charge on any atom is -0.489 e. The molecular formula is C15H14O2. The van der Waals surface area contributed by atoms with E-state index in [-0.39, 0.29) is 0 Å². The summed E-state index contributed by atoms with van der Waals surface area (Å²) in [4.78, 5) is 10.8. The lowest BCUT2D eigenvalue weighted by Gasteiger charge is -2.08. The molecule has 86 valence electrons. The van der Waals surface area contributed by atoms with Crippen LogP contribution in [0.2, 0.25) is 0 Å². The van der Waals surface area contributed by atoms with Gasteiger partial charge in [0.2, 0.25) is 0 Å². The predicted octanol–water partition coefficient (Wildman–Crippen LogP) is 3.39. The van der Waals surface area contributed by atoms with Crippen molar-refractivity contribution in [1.82, 2.24) is 0 Å². The summed E-state index contributed by atoms with van der Waals surface area (Å²) in [7, 11) is 0. The first-order chi connectivity index (χ1) is 8.29. The topological polar surface area (TPSA) is 26.3 Å². The number of carbonyl (C=O) groups is 1. The number of hydrogen-bond donors (Lipinski definition) is 0. The summed E-state index contributed by atoms with van der Waals surface area (Å²) in [6.07, 6.45) is 0.856. The summed E-state index contributed by atoms with van der Waals surface area (Å²) in [5.41, 5.74) is 2.75. The lowest BCUT2D eigenvalue weighted by atomic mass is 10.1. The normalized spacial score (nSPS) is 9.94. The molecule has 2 aromatic carbocycles. The molecule has 0 heterocycles. The average molecular weight is 226 g/mol. The Morgan fingerprint density at radius 2 is 1.94 bits per heavy atom. The van der Waals surface area contributed by atoms with Gasteiger partial charge in [-0.15, -0.1) is 0 Å². The van der Waals surface area contributed by atoms with Gasteiger partial charge in [0.05, 0.1) is 0 Å². The lowest BCUT2D eigenvalue weighted by molar-refractivity contribution is 0.112. The van der Waals surface area contributed by atoms with Gasteiger partial charge in [0.25, 0.3) is 0 Å². The van der Waals surface area contributed by atoms with Gasteiger partial charge in [-0.2, -0.15) is 0 Å². The van der Waals surface area contributed by atoms with Crippen molar-refractivity contribution in [1.29, 1.82) is 0 Å². The Bertz CT molecular complexity index is 518. The van der Waals surface area contributed by atoms with E-state index in [0.717, 1.165) is 23.2 Å². The van der Waals surface area contributed by atoms with E-state index in [1.807, 2.05) is 49.4 Å². The molecule has 0 aliphatic heterocycles. The summed E-state index contributed by atoms with van der Waals surface area (Å²) in [6.45, 7) is 2.44. The van der Waals surface area contributed by atoms with Crippen molar-refractivity contribution in [3.63, 3.8) is 0 Å². The third kappa shape index (κ3) is 2.94. The van der Waals surface area contributed by atoms with Crippen LogP contribution in [0.4, 0.5) is 0 Å². The van der Waals surface area contributed by atoms with Crippen LogP contribution in [-0.4, -0.2) is 6.29 Å². The standard InChI is InChI=1S/C15H14O2/c1-12-5-4-8-15(9-12)17-11-14-7-3-2-6-13(14)10-16/h2-10H,11H2,1H3. The molecule has 0 radical (unpaired) electrons. The van der Waals surface area contributed by atoms with Gasteiger partial charge in [-0.1, -0.05) is 36.4 Å². The van der Waals surface area contributed by atoms with Crippen LogP contribution < -0.4 is 4.74 Å². The van der Waals surface area contributed by atoms with E-state index in [1.54, 1.807) is 6.07 Å². The maximum absolute atomic E-state index is 10.8. The zero-order valence-corrected chi connectivity index (χ0v) is 9.72. The molecule has 2 rings (SSSR count). The Balaban J connectivity index is 2.09. The van der Waals surface area contributed by atoms with Crippen molar-refractivity contribution >= 4 is 6.29 Å². The Hall–Kier alpha value is -2.09. The first-order valence-corrected chi connectivity index (χ1v) is 5.52. The molecule has 0 bridgehead atoms. The Morgan fingerprint density at radius 1 is 1.12 bits per heavy atom. The minimum absolute atomic E-state index is 0.415. The van der Waals surface area contributed by atoms with Gasteiger partial charge < -0.3 is 4.74 Å². The predicted molar refractivity (Wildman–Crippen MR) is 67.3 cm³/mol. The molecule has 2 aromatic rings. The number of benzene rings is 2. The van der Waals surface area contributed by atoms with Gasteiger partial charge in [0.1, 0.15) is 18.6 Å². The zero-order valence-electron chi connectivity index (χ0n) is 9.72. The van der Waals surface area contributed by atoms with Crippen LogP contribution in [0, 0.1) is 6.92 Å². The molecule has 0 saturated carbocycles. The molecule has 0 aliphatic rings. The fraction of sp³-hybridized carbons (Fsp3) is 0.133. The highest BCUT2D eigenvalue weighted by Gasteiger charge is 2.01. The van der Waals surface area contributed by atoms with Crippen LogP contribution in [0.3, 0.4) is 0 Å². The molecule has 2 nitrogen and oxygen atoms in total. The second-order valence-electron chi connectivity index (χ2n) is 3.92. The largest absolute Gasteiger partial charge is 0.489 e. The molecule has 17 heavy (non-hydrogen) atoms. The second-order valence-corrected chi connectivity index (χ2v) is 3.92. The van der Waals surface area contributed by atoms with Crippen LogP contribution in [-0.2, 0) is 6.61 Å². The molecule has 0 spiro atoms. The second kappa shape index (κ2) is 5.30. The number of aryl methyl sites for hydroxylation is 1. The van der Waals surface area contributed by atoms with Gasteiger partial charge in [0.15, 0.2) is 0 Å². The highest BCUT2D eigenvalue weighted by Crippen LogP contribution is 2.15. The molecule has 0 amide bonds. The molecule has 0 N–H and O–H groups in total. The minimum atomic E-state index is 0.415. The fourth-order valence-electron chi connectivity index (χ4n) is 1.65. The molecular weight excluding hydrogens is 212 g/mol.